The topological polar surface area (TPSA) is 12.0 Å². The lowest BCUT2D eigenvalue weighted by Gasteiger charge is -2.33. The van der Waals surface area contributed by atoms with Crippen LogP contribution in [0.3, 0.4) is 0 Å². The first-order valence-corrected chi connectivity index (χ1v) is 8.26. The van der Waals surface area contributed by atoms with Crippen LogP contribution in [0.2, 0.25) is 5.02 Å². The van der Waals surface area contributed by atoms with Crippen LogP contribution >= 0.6 is 23.4 Å². The molecule has 0 saturated carbocycles. The summed E-state index contributed by atoms with van der Waals surface area (Å²) in [5, 5.41) is 5.36. The zero-order chi connectivity index (χ0) is 13.0. The molecule has 1 heterocycles. The van der Waals surface area contributed by atoms with E-state index >= 15 is 0 Å². The minimum Gasteiger partial charge on any atom is -0.306 e. The summed E-state index contributed by atoms with van der Waals surface area (Å²) in [7, 11) is 0. The van der Waals surface area contributed by atoms with Crippen LogP contribution in [-0.4, -0.2) is 17.0 Å². The average Bonchev–Trinajstić information content (AvgIpc) is 2.39. The quantitative estimate of drug-likeness (QED) is 0.862. The molecular formula is C15H22ClNS. The van der Waals surface area contributed by atoms with Crippen LogP contribution in [0.5, 0.6) is 0 Å². The van der Waals surface area contributed by atoms with Gasteiger partial charge in [-0.25, -0.2) is 0 Å². The Bertz CT molecular complexity index is 365. The van der Waals surface area contributed by atoms with E-state index in [1.54, 1.807) is 0 Å². The molecule has 0 amide bonds. The third-order valence-corrected chi connectivity index (χ3v) is 5.33. The number of nitrogens with one attached hydrogen (secondary N) is 1. The van der Waals surface area contributed by atoms with Crippen molar-refractivity contribution < 1.29 is 0 Å². The summed E-state index contributed by atoms with van der Waals surface area (Å²) in [5.74, 6) is 1.32. The number of hydrogen-bond donors (Lipinski definition) is 1. The number of halogens is 1. The second kappa shape index (κ2) is 6.83. The van der Waals surface area contributed by atoms with Crippen molar-refractivity contribution in [2.24, 2.45) is 0 Å². The molecule has 0 aromatic heterocycles. The van der Waals surface area contributed by atoms with Gasteiger partial charge in [0.15, 0.2) is 0 Å². The maximum atomic E-state index is 5.95. The average molecular weight is 284 g/mol. The van der Waals surface area contributed by atoms with E-state index in [9.17, 15) is 0 Å². The third-order valence-electron chi connectivity index (χ3n) is 3.70. The van der Waals surface area contributed by atoms with Gasteiger partial charge in [-0.3, -0.25) is 0 Å². The third kappa shape index (κ3) is 3.66. The van der Waals surface area contributed by atoms with Crippen LogP contribution in [0.1, 0.15) is 44.7 Å². The van der Waals surface area contributed by atoms with Crippen molar-refractivity contribution >= 4 is 23.4 Å². The van der Waals surface area contributed by atoms with Gasteiger partial charge < -0.3 is 5.32 Å². The predicted octanol–water partition coefficient (Wildman–Crippen LogP) is 4.66. The lowest BCUT2D eigenvalue weighted by atomic mass is 10.0. The molecular weight excluding hydrogens is 262 g/mol. The van der Waals surface area contributed by atoms with E-state index in [0.29, 0.717) is 12.1 Å². The SMILES string of the molecule is CCC(NC1CCCSC1C)c1ccc(Cl)cc1. The molecule has 3 atom stereocenters. The van der Waals surface area contributed by atoms with Gasteiger partial charge in [0.05, 0.1) is 0 Å². The normalized spacial score (nSPS) is 25.9. The first-order chi connectivity index (χ1) is 8.70. The van der Waals surface area contributed by atoms with Crippen LogP contribution in [0, 0.1) is 0 Å². The highest BCUT2D eigenvalue weighted by atomic mass is 35.5. The zero-order valence-corrected chi connectivity index (χ0v) is 12.7. The van der Waals surface area contributed by atoms with E-state index < -0.39 is 0 Å². The summed E-state index contributed by atoms with van der Waals surface area (Å²) >= 11 is 8.04. The molecule has 1 aliphatic heterocycles. The summed E-state index contributed by atoms with van der Waals surface area (Å²) in [5.41, 5.74) is 1.35. The number of hydrogen-bond acceptors (Lipinski definition) is 2. The second-order valence-corrected chi connectivity index (χ2v) is 6.93. The number of thioether (sulfide) groups is 1. The van der Waals surface area contributed by atoms with E-state index in [4.69, 9.17) is 11.6 Å². The molecule has 1 aromatic rings. The van der Waals surface area contributed by atoms with E-state index in [1.165, 1.54) is 24.2 Å². The number of rotatable bonds is 4. The van der Waals surface area contributed by atoms with Gasteiger partial charge in [-0.15, -0.1) is 0 Å². The van der Waals surface area contributed by atoms with Gasteiger partial charge >= 0.3 is 0 Å². The van der Waals surface area contributed by atoms with Gasteiger partial charge in [0.25, 0.3) is 0 Å². The van der Waals surface area contributed by atoms with Crippen molar-refractivity contribution in [1.29, 1.82) is 0 Å². The van der Waals surface area contributed by atoms with E-state index in [0.717, 1.165) is 16.7 Å². The molecule has 1 aliphatic rings. The molecule has 0 aliphatic carbocycles. The van der Waals surface area contributed by atoms with Crippen LogP contribution in [-0.2, 0) is 0 Å². The van der Waals surface area contributed by atoms with Gasteiger partial charge in [-0.05, 0) is 42.7 Å². The summed E-state index contributed by atoms with van der Waals surface area (Å²) in [4.78, 5) is 0. The van der Waals surface area contributed by atoms with Gasteiger partial charge in [0, 0.05) is 22.4 Å². The van der Waals surface area contributed by atoms with Gasteiger partial charge in [0.2, 0.25) is 0 Å². The fourth-order valence-corrected chi connectivity index (χ4v) is 3.82. The van der Waals surface area contributed by atoms with Crippen LogP contribution in [0.15, 0.2) is 24.3 Å². The first-order valence-electron chi connectivity index (χ1n) is 6.84. The summed E-state index contributed by atoms with van der Waals surface area (Å²) in [6.07, 6.45) is 3.76. The molecule has 2 rings (SSSR count). The Morgan fingerprint density at radius 1 is 1.39 bits per heavy atom. The zero-order valence-electron chi connectivity index (χ0n) is 11.2. The molecule has 100 valence electrons. The highest BCUT2D eigenvalue weighted by Crippen LogP contribution is 2.28. The van der Waals surface area contributed by atoms with Crippen molar-refractivity contribution in [3.8, 4) is 0 Å². The molecule has 0 spiro atoms. The number of benzene rings is 1. The fourth-order valence-electron chi connectivity index (χ4n) is 2.55. The Labute approximate surface area is 120 Å². The van der Waals surface area contributed by atoms with Crippen LogP contribution < -0.4 is 5.32 Å². The maximum Gasteiger partial charge on any atom is 0.0406 e. The Morgan fingerprint density at radius 2 is 2.11 bits per heavy atom. The summed E-state index contributed by atoms with van der Waals surface area (Å²) in [6, 6.07) is 9.35. The lowest BCUT2D eigenvalue weighted by Crippen LogP contribution is -2.41. The first kappa shape index (κ1) is 14.2. The summed E-state index contributed by atoms with van der Waals surface area (Å²) < 4.78 is 0. The second-order valence-electron chi connectivity index (χ2n) is 5.00. The van der Waals surface area contributed by atoms with Crippen LogP contribution in [0.4, 0.5) is 0 Å². The van der Waals surface area contributed by atoms with Crippen LogP contribution in [0.25, 0.3) is 0 Å². The molecule has 3 heteroatoms. The molecule has 0 radical (unpaired) electrons. The minimum atomic E-state index is 0.452. The Morgan fingerprint density at radius 3 is 2.72 bits per heavy atom. The maximum absolute atomic E-state index is 5.95. The van der Waals surface area contributed by atoms with Crippen molar-refractivity contribution in [3.05, 3.63) is 34.9 Å². The molecule has 0 bridgehead atoms. The van der Waals surface area contributed by atoms with Crippen molar-refractivity contribution in [2.75, 3.05) is 5.75 Å². The molecule has 3 unspecified atom stereocenters. The highest BCUT2D eigenvalue weighted by Gasteiger charge is 2.24. The van der Waals surface area contributed by atoms with Crippen molar-refractivity contribution in [1.82, 2.24) is 5.32 Å². The Hall–Kier alpha value is -0.180. The lowest BCUT2D eigenvalue weighted by molar-refractivity contribution is 0.395. The predicted molar refractivity (Wildman–Crippen MR) is 82.6 cm³/mol. The Kier molecular flexibility index (Phi) is 5.40. The fraction of sp³-hybridized carbons (Fsp3) is 0.600. The molecule has 1 fully saturated rings. The van der Waals surface area contributed by atoms with Gasteiger partial charge in [0.1, 0.15) is 0 Å². The molecule has 18 heavy (non-hydrogen) atoms. The Balaban J connectivity index is 2.02. The van der Waals surface area contributed by atoms with E-state index in [1.807, 2.05) is 12.1 Å². The van der Waals surface area contributed by atoms with E-state index in [2.05, 4.69) is 43.1 Å². The molecule has 1 aromatic carbocycles. The molecule has 1 saturated heterocycles. The molecule has 1 nitrogen and oxygen atoms in total. The van der Waals surface area contributed by atoms with Crippen molar-refractivity contribution in [3.63, 3.8) is 0 Å². The monoisotopic (exact) mass is 283 g/mol. The largest absolute Gasteiger partial charge is 0.306 e. The molecule has 1 N–H and O–H groups in total. The van der Waals surface area contributed by atoms with Crippen molar-refractivity contribution in [2.45, 2.75) is 50.4 Å². The standard InChI is InChI=1S/C15H22ClNS/c1-3-14(12-6-8-13(16)9-7-12)17-15-5-4-10-18-11(15)2/h6-9,11,14-15,17H,3-5,10H2,1-2H3. The summed E-state index contributed by atoms with van der Waals surface area (Å²) in [6.45, 7) is 4.59. The smallest absolute Gasteiger partial charge is 0.0406 e. The van der Waals surface area contributed by atoms with E-state index in [-0.39, 0.29) is 0 Å². The highest BCUT2D eigenvalue weighted by molar-refractivity contribution is 7.99. The van der Waals surface area contributed by atoms with Gasteiger partial charge in [-0.1, -0.05) is 37.6 Å². The minimum absolute atomic E-state index is 0.452. The van der Waals surface area contributed by atoms with Gasteiger partial charge in [-0.2, -0.15) is 11.8 Å².